The minimum absolute atomic E-state index is 0.0684. The van der Waals surface area contributed by atoms with Crippen molar-refractivity contribution in [2.24, 2.45) is 0 Å². The molecule has 18 heavy (non-hydrogen) atoms. The molecule has 2 rings (SSSR count). The summed E-state index contributed by atoms with van der Waals surface area (Å²) in [6.07, 6.45) is 0. The highest BCUT2D eigenvalue weighted by Crippen LogP contribution is 2.32. The molecule has 0 fully saturated rings. The maximum Gasteiger partial charge on any atom is 0.148 e. The van der Waals surface area contributed by atoms with Crippen LogP contribution in [-0.2, 0) is 0 Å². The summed E-state index contributed by atoms with van der Waals surface area (Å²) in [7, 11) is 0. The van der Waals surface area contributed by atoms with Crippen LogP contribution >= 0.6 is 34.8 Å². The Morgan fingerprint density at radius 2 is 1.78 bits per heavy atom. The largest absolute Gasteiger partial charge is 0.233 e. The van der Waals surface area contributed by atoms with Gasteiger partial charge in [-0.2, -0.15) is 5.26 Å². The van der Waals surface area contributed by atoms with Crippen LogP contribution < -0.4 is 0 Å². The Labute approximate surface area is 118 Å². The summed E-state index contributed by atoms with van der Waals surface area (Å²) in [6.45, 7) is 0. The Hall–Kier alpha value is -1.34. The minimum atomic E-state index is -0.548. The fourth-order valence-electron chi connectivity index (χ4n) is 1.44. The van der Waals surface area contributed by atoms with Gasteiger partial charge in [-0.25, -0.2) is 9.37 Å². The predicted molar refractivity (Wildman–Crippen MR) is 69.4 cm³/mol. The van der Waals surface area contributed by atoms with Gasteiger partial charge in [0.2, 0.25) is 0 Å². The molecule has 0 aliphatic heterocycles. The third-order valence-electron chi connectivity index (χ3n) is 2.19. The third-order valence-corrected chi connectivity index (χ3v) is 3.15. The molecule has 2 nitrogen and oxygen atoms in total. The van der Waals surface area contributed by atoms with Gasteiger partial charge in [-0.3, -0.25) is 0 Å². The van der Waals surface area contributed by atoms with Gasteiger partial charge in [-0.05, 0) is 24.3 Å². The monoisotopic (exact) mass is 300 g/mol. The molecular weight excluding hydrogens is 298 g/mol. The Morgan fingerprint density at radius 3 is 2.44 bits per heavy atom. The zero-order valence-electron chi connectivity index (χ0n) is 8.72. The average Bonchev–Trinajstić information content (AvgIpc) is 2.33. The van der Waals surface area contributed by atoms with Crippen molar-refractivity contribution in [3.8, 4) is 17.3 Å². The van der Waals surface area contributed by atoms with Crippen LogP contribution in [0.2, 0.25) is 15.2 Å². The second-order valence-electron chi connectivity index (χ2n) is 3.43. The minimum Gasteiger partial charge on any atom is -0.233 e. The van der Waals surface area contributed by atoms with Crippen molar-refractivity contribution in [3.05, 3.63) is 50.8 Å². The average molecular weight is 302 g/mol. The number of rotatable bonds is 1. The van der Waals surface area contributed by atoms with Gasteiger partial charge in [0.25, 0.3) is 0 Å². The maximum absolute atomic E-state index is 13.3. The van der Waals surface area contributed by atoms with Gasteiger partial charge in [0, 0.05) is 5.56 Å². The zero-order valence-corrected chi connectivity index (χ0v) is 11.0. The smallest absolute Gasteiger partial charge is 0.148 e. The fraction of sp³-hybridized carbons (Fsp3) is 0. The molecule has 0 spiro atoms. The lowest BCUT2D eigenvalue weighted by Crippen LogP contribution is -1.90. The highest BCUT2D eigenvalue weighted by Gasteiger charge is 2.11. The molecule has 0 N–H and O–H groups in total. The first-order chi connectivity index (χ1) is 8.51. The highest BCUT2D eigenvalue weighted by atomic mass is 35.5. The zero-order chi connectivity index (χ0) is 13.3. The van der Waals surface area contributed by atoms with E-state index in [-0.39, 0.29) is 26.5 Å². The molecule has 0 unspecified atom stereocenters. The van der Waals surface area contributed by atoms with E-state index in [9.17, 15) is 4.39 Å². The molecule has 1 aromatic heterocycles. The second-order valence-corrected chi connectivity index (χ2v) is 4.60. The first-order valence-corrected chi connectivity index (χ1v) is 5.87. The molecule has 0 aliphatic rings. The van der Waals surface area contributed by atoms with E-state index < -0.39 is 5.82 Å². The van der Waals surface area contributed by atoms with Crippen molar-refractivity contribution in [3.63, 3.8) is 0 Å². The van der Waals surface area contributed by atoms with E-state index in [1.807, 2.05) is 6.07 Å². The number of hydrogen-bond acceptors (Lipinski definition) is 2. The Balaban J connectivity index is 2.66. The van der Waals surface area contributed by atoms with Gasteiger partial charge in [0.1, 0.15) is 11.0 Å². The lowest BCUT2D eigenvalue weighted by atomic mass is 10.1. The number of pyridine rings is 1. The molecule has 1 aromatic carbocycles. The summed E-state index contributed by atoms with van der Waals surface area (Å²) in [4.78, 5) is 3.98. The van der Waals surface area contributed by atoms with Crippen LogP contribution in [-0.4, -0.2) is 4.98 Å². The van der Waals surface area contributed by atoms with Gasteiger partial charge in [0.15, 0.2) is 0 Å². The van der Waals surface area contributed by atoms with Gasteiger partial charge in [-0.1, -0.05) is 34.8 Å². The Morgan fingerprint density at radius 1 is 1.06 bits per heavy atom. The molecule has 6 heteroatoms. The van der Waals surface area contributed by atoms with Crippen molar-refractivity contribution in [1.29, 1.82) is 5.26 Å². The lowest BCUT2D eigenvalue weighted by Gasteiger charge is -2.06. The van der Waals surface area contributed by atoms with Crippen LogP contribution in [0.1, 0.15) is 5.56 Å². The van der Waals surface area contributed by atoms with E-state index in [0.717, 1.165) is 6.07 Å². The maximum atomic E-state index is 13.3. The van der Waals surface area contributed by atoms with Crippen LogP contribution in [0.25, 0.3) is 11.3 Å². The molecule has 1 heterocycles. The molecular formula is C12H4Cl3FN2. The van der Waals surface area contributed by atoms with Crippen molar-refractivity contribution in [1.82, 2.24) is 4.98 Å². The van der Waals surface area contributed by atoms with Crippen LogP contribution in [0.5, 0.6) is 0 Å². The van der Waals surface area contributed by atoms with Gasteiger partial charge in [-0.15, -0.1) is 0 Å². The molecule has 0 aliphatic carbocycles. The highest BCUT2D eigenvalue weighted by molar-refractivity contribution is 6.42. The normalized spacial score (nSPS) is 10.2. The molecule has 0 saturated heterocycles. The van der Waals surface area contributed by atoms with E-state index in [1.165, 1.54) is 18.2 Å². The first-order valence-electron chi connectivity index (χ1n) is 4.74. The summed E-state index contributed by atoms with van der Waals surface area (Å²) in [5.74, 6) is -0.548. The van der Waals surface area contributed by atoms with Crippen LogP contribution in [0.4, 0.5) is 4.39 Å². The first kappa shape index (κ1) is 13.1. The number of nitrogens with zero attached hydrogens (tertiary/aromatic N) is 2. The number of aromatic nitrogens is 1. The third kappa shape index (κ3) is 2.56. The van der Waals surface area contributed by atoms with E-state index in [0.29, 0.717) is 5.56 Å². The lowest BCUT2D eigenvalue weighted by molar-refractivity contribution is 0.628. The molecule has 0 atom stereocenters. The van der Waals surface area contributed by atoms with Crippen molar-refractivity contribution >= 4 is 34.8 Å². The van der Waals surface area contributed by atoms with Crippen LogP contribution in [0.15, 0.2) is 24.3 Å². The summed E-state index contributed by atoms with van der Waals surface area (Å²) < 4.78 is 13.3. The van der Waals surface area contributed by atoms with E-state index in [2.05, 4.69) is 4.98 Å². The number of halogens is 4. The second kappa shape index (κ2) is 5.11. The summed E-state index contributed by atoms with van der Waals surface area (Å²) in [6, 6.07) is 7.09. The van der Waals surface area contributed by atoms with E-state index in [1.54, 1.807) is 0 Å². The topological polar surface area (TPSA) is 36.7 Å². The number of nitriles is 1. The summed E-state index contributed by atoms with van der Waals surface area (Å²) >= 11 is 17.5. The van der Waals surface area contributed by atoms with Gasteiger partial charge >= 0.3 is 0 Å². The SMILES string of the molecule is N#Cc1cc(F)cc(-c2nc(Cl)c(Cl)cc2Cl)c1. The summed E-state index contributed by atoms with van der Waals surface area (Å²) in [5.41, 5.74) is 0.825. The molecule has 0 amide bonds. The summed E-state index contributed by atoms with van der Waals surface area (Å²) in [5, 5.41) is 9.30. The molecule has 0 radical (unpaired) electrons. The van der Waals surface area contributed by atoms with Crippen molar-refractivity contribution in [2.75, 3.05) is 0 Å². The van der Waals surface area contributed by atoms with E-state index in [4.69, 9.17) is 40.1 Å². The van der Waals surface area contributed by atoms with Crippen molar-refractivity contribution in [2.45, 2.75) is 0 Å². The molecule has 0 saturated carbocycles. The van der Waals surface area contributed by atoms with Crippen LogP contribution in [0, 0.1) is 17.1 Å². The standard InChI is InChI=1S/C12H4Cl3FN2/c13-9-4-10(14)12(15)18-11(9)7-1-6(5-17)2-8(16)3-7/h1-4H. The molecule has 2 aromatic rings. The Bertz CT molecular complexity index is 665. The quantitative estimate of drug-likeness (QED) is 0.715. The Kier molecular flexibility index (Phi) is 3.72. The van der Waals surface area contributed by atoms with E-state index >= 15 is 0 Å². The predicted octanol–water partition coefficient (Wildman–Crippen LogP) is 4.72. The fourth-order valence-corrected chi connectivity index (χ4v) is 2.04. The van der Waals surface area contributed by atoms with Gasteiger partial charge in [0.05, 0.1) is 27.4 Å². The number of benzene rings is 1. The molecule has 90 valence electrons. The number of hydrogen-bond donors (Lipinski definition) is 0. The van der Waals surface area contributed by atoms with Gasteiger partial charge < -0.3 is 0 Å². The van der Waals surface area contributed by atoms with Crippen molar-refractivity contribution < 1.29 is 4.39 Å². The molecule has 0 bridgehead atoms. The van der Waals surface area contributed by atoms with Crippen LogP contribution in [0.3, 0.4) is 0 Å².